The monoisotopic (exact) mass is 272 g/mol. The lowest BCUT2D eigenvalue weighted by Gasteiger charge is -2.19. The Bertz CT molecular complexity index is 388. The van der Waals surface area contributed by atoms with Gasteiger partial charge in [0, 0.05) is 32.8 Å². The van der Waals surface area contributed by atoms with Crippen molar-refractivity contribution >= 4 is 0 Å². The van der Waals surface area contributed by atoms with Crippen LogP contribution in [0.5, 0.6) is 0 Å². The quantitative estimate of drug-likeness (QED) is 0.785. The number of halogens is 2. The van der Waals surface area contributed by atoms with Crippen LogP contribution in [-0.4, -0.2) is 45.3 Å². The number of hydrogen-bond donors (Lipinski definition) is 1. The molecule has 1 rings (SSSR count). The highest BCUT2D eigenvalue weighted by Crippen LogP contribution is 2.15. The van der Waals surface area contributed by atoms with Crippen molar-refractivity contribution in [3.05, 3.63) is 35.4 Å². The highest BCUT2D eigenvalue weighted by molar-refractivity contribution is 5.20. The summed E-state index contributed by atoms with van der Waals surface area (Å²) in [4.78, 5) is 2.15. The number of hydrogen-bond acceptors (Lipinski definition) is 3. The number of nitrogens with zero attached hydrogens (tertiary/aromatic N) is 1. The van der Waals surface area contributed by atoms with Gasteiger partial charge in [0.25, 0.3) is 0 Å². The Balaban J connectivity index is 2.34. The van der Waals surface area contributed by atoms with Crippen molar-refractivity contribution < 1.29 is 13.5 Å². The maximum atomic E-state index is 13.1. The van der Waals surface area contributed by atoms with Crippen molar-refractivity contribution in [1.29, 1.82) is 0 Å². The maximum absolute atomic E-state index is 13.1. The van der Waals surface area contributed by atoms with Crippen LogP contribution in [0.3, 0.4) is 0 Å². The van der Waals surface area contributed by atoms with E-state index in [1.54, 1.807) is 13.2 Å². The van der Waals surface area contributed by atoms with E-state index in [2.05, 4.69) is 10.2 Å². The van der Waals surface area contributed by atoms with Crippen LogP contribution in [0.1, 0.15) is 18.5 Å². The van der Waals surface area contributed by atoms with Crippen LogP contribution >= 0.6 is 0 Å². The van der Waals surface area contributed by atoms with E-state index in [1.807, 2.05) is 14.0 Å². The van der Waals surface area contributed by atoms with Gasteiger partial charge in [-0.05, 0) is 31.7 Å². The Morgan fingerprint density at radius 3 is 2.63 bits per heavy atom. The summed E-state index contributed by atoms with van der Waals surface area (Å²) in [6.45, 7) is 5.16. The smallest absolute Gasteiger partial charge is 0.159 e. The molecule has 0 saturated heterocycles. The molecule has 0 radical (unpaired) electrons. The van der Waals surface area contributed by atoms with Gasteiger partial charge in [-0.15, -0.1) is 0 Å². The highest BCUT2D eigenvalue weighted by Gasteiger charge is 2.08. The van der Waals surface area contributed by atoms with Gasteiger partial charge >= 0.3 is 0 Å². The van der Waals surface area contributed by atoms with Crippen LogP contribution in [0.15, 0.2) is 18.2 Å². The molecule has 0 saturated carbocycles. The zero-order valence-corrected chi connectivity index (χ0v) is 11.7. The third-order valence-corrected chi connectivity index (χ3v) is 3.06. The van der Waals surface area contributed by atoms with E-state index in [1.165, 1.54) is 6.07 Å². The number of methoxy groups -OCH3 is 1. The van der Waals surface area contributed by atoms with Gasteiger partial charge in [0.1, 0.15) is 0 Å². The molecule has 1 N–H and O–H groups in total. The van der Waals surface area contributed by atoms with Gasteiger partial charge in [-0.2, -0.15) is 0 Å². The molecular formula is C14H22F2N2O. The zero-order chi connectivity index (χ0) is 14.3. The first-order valence-corrected chi connectivity index (χ1v) is 6.40. The predicted molar refractivity (Wildman–Crippen MR) is 72.1 cm³/mol. The fraction of sp³-hybridized carbons (Fsp3) is 0.571. The largest absolute Gasteiger partial charge is 0.383 e. The Labute approximate surface area is 113 Å². The first-order chi connectivity index (χ1) is 9.04. The molecule has 0 amide bonds. The van der Waals surface area contributed by atoms with Crippen LogP contribution < -0.4 is 5.32 Å². The summed E-state index contributed by atoms with van der Waals surface area (Å²) in [5.74, 6) is -1.61. The molecule has 0 fully saturated rings. The van der Waals surface area contributed by atoms with E-state index in [4.69, 9.17) is 4.74 Å². The minimum absolute atomic E-state index is 0.00840. The maximum Gasteiger partial charge on any atom is 0.159 e. The van der Waals surface area contributed by atoms with E-state index >= 15 is 0 Å². The summed E-state index contributed by atoms with van der Waals surface area (Å²) in [7, 11) is 3.69. The van der Waals surface area contributed by atoms with Crippen molar-refractivity contribution in [3.63, 3.8) is 0 Å². The first kappa shape index (κ1) is 16.0. The molecule has 0 spiro atoms. The number of benzene rings is 1. The Hall–Kier alpha value is -1.04. The van der Waals surface area contributed by atoms with Gasteiger partial charge in [0.15, 0.2) is 11.6 Å². The van der Waals surface area contributed by atoms with Gasteiger partial charge in [-0.3, -0.25) is 0 Å². The topological polar surface area (TPSA) is 24.5 Å². The predicted octanol–water partition coefficient (Wildman–Crippen LogP) is 2.19. The summed E-state index contributed by atoms with van der Waals surface area (Å²) in [6.07, 6.45) is 0. The second-order valence-electron chi connectivity index (χ2n) is 4.65. The average molecular weight is 272 g/mol. The Morgan fingerprint density at radius 2 is 2.00 bits per heavy atom. The summed E-state index contributed by atoms with van der Waals surface area (Å²) in [6, 6.07) is 3.99. The molecule has 0 aliphatic heterocycles. The SMILES string of the molecule is COCCN(C)CCNC(C)c1ccc(F)c(F)c1. The van der Waals surface area contributed by atoms with Crippen molar-refractivity contribution in [2.45, 2.75) is 13.0 Å². The normalized spacial score (nSPS) is 12.9. The first-order valence-electron chi connectivity index (χ1n) is 6.40. The second-order valence-corrected chi connectivity index (χ2v) is 4.65. The Kier molecular flexibility index (Phi) is 6.91. The van der Waals surface area contributed by atoms with Gasteiger partial charge < -0.3 is 15.0 Å². The molecule has 5 heteroatoms. The van der Waals surface area contributed by atoms with E-state index in [9.17, 15) is 8.78 Å². The third kappa shape index (κ3) is 5.63. The molecule has 1 unspecified atom stereocenters. The fourth-order valence-electron chi connectivity index (χ4n) is 1.73. The molecule has 19 heavy (non-hydrogen) atoms. The molecule has 0 bridgehead atoms. The van der Waals surface area contributed by atoms with Crippen LogP contribution in [0.25, 0.3) is 0 Å². The summed E-state index contributed by atoms with van der Waals surface area (Å²) >= 11 is 0. The van der Waals surface area contributed by atoms with Crippen LogP contribution in [0.2, 0.25) is 0 Å². The Morgan fingerprint density at radius 1 is 1.26 bits per heavy atom. The lowest BCUT2D eigenvalue weighted by molar-refractivity contribution is 0.161. The van der Waals surface area contributed by atoms with Crippen LogP contribution in [0, 0.1) is 11.6 Å². The molecule has 0 aliphatic carbocycles. The number of nitrogens with one attached hydrogen (secondary N) is 1. The standard InChI is InChI=1S/C14H22F2N2O/c1-11(12-4-5-13(15)14(16)10-12)17-6-7-18(2)8-9-19-3/h4-5,10-11,17H,6-9H2,1-3H3. The van der Waals surface area contributed by atoms with E-state index in [0.717, 1.165) is 31.3 Å². The molecule has 3 nitrogen and oxygen atoms in total. The van der Waals surface area contributed by atoms with Crippen LogP contribution in [-0.2, 0) is 4.74 Å². The number of likely N-dealkylation sites (N-methyl/N-ethyl adjacent to an activating group) is 1. The second kappa shape index (κ2) is 8.19. The molecule has 0 heterocycles. The van der Waals surface area contributed by atoms with Gasteiger partial charge in [-0.1, -0.05) is 6.07 Å². The molecule has 0 aromatic heterocycles. The minimum Gasteiger partial charge on any atom is -0.383 e. The summed E-state index contributed by atoms with van der Waals surface area (Å²) < 4.78 is 30.9. The van der Waals surface area contributed by atoms with E-state index in [0.29, 0.717) is 6.61 Å². The van der Waals surface area contributed by atoms with E-state index in [-0.39, 0.29) is 6.04 Å². The molecular weight excluding hydrogens is 250 g/mol. The highest BCUT2D eigenvalue weighted by atomic mass is 19.2. The molecule has 108 valence electrons. The molecule has 1 aromatic rings. The van der Waals surface area contributed by atoms with Gasteiger partial charge in [0.2, 0.25) is 0 Å². The zero-order valence-electron chi connectivity index (χ0n) is 11.7. The van der Waals surface area contributed by atoms with Crippen LogP contribution in [0.4, 0.5) is 8.78 Å². The third-order valence-electron chi connectivity index (χ3n) is 3.06. The molecule has 1 aromatic carbocycles. The average Bonchev–Trinajstić information content (AvgIpc) is 2.39. The van der Waals surface area contributed by atoms with Crippen molar-refractivity contribution in [1.82, 2.24) is 10.2 Å². The number of ether oxygens (including phenoxy) is 1. The fourth-order valence-corrected chi connectivity index (χ4v) is 1.73. The van der Waals surface area contributed by atoms with Gasteiger partial charge in [-0.25, -0.2) is 8.78 Å². The summed E-state index contributed by atoms with van der Waals surface area (Å²) in [5, 5.41) is 3.28. The molecule has 0 aliphatic rings. The minimum atomic E-state index is -0.810. The van der Waals surface area contributed by atoms with Crippen molar-refractivity contribution in [2.75, 3.05) is 40.4 Å². The van der Waals surface area contributed by atoms with E-state index < -0.39 is 11.6 Å². The lowest BCUT2D eigenvalue weighted by atomic mass is 10.1. The molecule has 1 atom stereocenters. The van der Waals surface area contributed by atoms with Crippen molar-refractivity contribution in [2.24, 2.45) is 0 Å². The lowest BCUT2D eigenvalue weighted by Crippen LogP contribution is -2.32. The van der Waals surface area contributed by atoms with Crippen molar-refractivity contribution in [3.8, 4) is 0 Å². The number of rotatable bonds is 8. The summed E-state index contributed by atoms with van der Waals surface area (Å²) in [5.41, 5.74) is 0.749. The van der Waals surface area contributed by atoms with Gasteiger partial charge in [0.05, 0.1) is 6.61 Å².